The van der Waals surface area contributed by atoms with E-state index in [1.54, 1.807) is 6.08 Å². The van der Waals surface area contributed by atoms with Crippen molar-refractivity contribution in [2.24, 2.45) is 0 Å². The van der Waals surface area contributed by atoms with Gasteiger partial charge in [-0.3, -0.25) is 0 Å². The van der Waals surface area contributed by atoms with Crippen LogP contribution in [0.4, 0.5) is 17.1 Å². The van der Waals surface area contributed by atoms with Gasteiger partial charge in [-0.2, -0.15) is 0 Å². The summed E-state index contributed by atoms with van der Waals surface area (Å²) in [5.41, 5.74) is 22.2. The Hall–Kier alpha value is -9.39. The third-order valence-corrected chi connectivity index (χ3v) is 14.9. The van der Waals surface area contributed by atoms with Crippen LogP contribution in [-0.4, -0.2) is 26.3 Å². The highest BCUT2D eigenvalue weighted by Gasteiger charge is 2.44. The van der Waals surface area contributed by atoms with Crippen LogP contribution in [-0.2, 0) is 0 Å². The van der Waals surface area contributed by atoms with Gasteiger partial charge in [0.05, 0.1) is 0 Å². The first-order valence-electron chi connectivity index (χ1n) is 27.3. The number of fused-ring (bicyclic) bond motifs is 7. The van der Waals surface area contributed by atoms with Crippen molar-refractivity contribution < 1.29 is 0 Å². The molecule has 8 aromatic carbocycles. The second kappa shape index (κ2) is 22.4. The van der Waals surface area contributed by atoms with E-state index in [-0.39, 0.29) is 6.85 Å². The molecule has 13 rings (SSSR count). The molecule has 0 saturated heterocycles. The standard InChI is InChI=1S/C65H48BN5.C5H8.C2H6/c1-4-6-22-43(5-2)47-35-36-57-53(38-47)54-39-50(44-23-11-7-12-24-44)40-55-60-42(3)52(41-59-61(60)66(71(57)62(54)55)56-33-19-20-34-58(56)70(59)51-31-17-10-18-32-51)48-29-21-30-49(37-48)65-68-63(45-25-13-8-14-26-45)67-64(69-65)46-27-15-9-16-28-46;1-3-5-4-2;1-2/h4-6,8-11,13-41H,1,7,12H2,2-3H3;3-5H,1H2,2H3;1-2H3/b22-6-,43-5+;5-4-;. The van der Waals surface area contributed by atoms with Gasteiger partial charge in [0.2, 0.25) is 0 Å². The summed E-state index contributed by atoms with van der Waals surface area (Å²) in [6.07, 6.45) is 22.9. The van der Waals surface area contributed by atoms with Crippen molar-refractivity contribution in [2.75, 3.05) is 4.90 Å². The predicted molar refractivity (Wildman–Crippen MR) is 336 cm³/mol. The van der Waals surface area contributed by atoms with E-state index < -0.39 is 0 Å². The van der Waals surface area contributed by atoms with Crippen LogP contribution in [0.25, 0.3) is 89.4 Å². The van der Waals surface area contributed by atoms with Crippen molar-refractivity contribution in [3.8, 4) is 56.4 Å². The van der Waals surface area contributed by atoms with E-state index in [0.29, 0.717) is 17.5 Å². The largest absolute Gasteiger partial charge is 0.375 e. The van der Waals surface area contributed by atoms with Crippen molar-refractivity contribution in [2.45, 2.75) is 47.5 Å². The molecule has 0 N–H and O–H groups in total. The minimum absolute atomic E-state index is 0.0897. The average molecular weight is 1010 g/mol. The highest BCUT2D eigenvalue weighted by atomic mass is 15.2. The number of rotatable bonds is 10. The number of allylic oxidation sites excluding steroid dienone is 12. The fraction of sp³-hybridized carbons (Fsp3) is 0.0972. The summed E-state index contributed by atoms with van der Waals surface area (Å²) in [6, 6.07) is 63.5. The average Bonchev–Trinajstić information content (AvgIpc) is 3.28. The first kappa shape index (κ1) is 50.8. The molecule has 0 radical (unpaired) electrons. The Bertz CT molecular complexity index is 4010. The quantitative estimate of drug-likeness (QED) is 0.101. The van der Waals surface area contributed by atoms with Crippen LogP contribution in [0.5, 0.6) is 0 Å². The second-order valence-corrected chi connectivity index (χ2v) is 19.4. The summed E-state index contributed by atoms with van der Waals surface area (Å²) in [6.45, 7) is 17.8. The smallest absolute Gasteiger partial charge is 0.333 e. The molecule has 5 nitrogen and oxygen atoms in total. The Morgan fingerprint density at radius 2 is 1.22 bits per heavy atom. The second-order valence-electron chi connectivity index (χ2n) is 19.4. The summed E-state index contributed by atoms with van der Waals surface area (Å²) in [7, 11) is 0. The lowest BCUT2D eigenvalue weighted by molar-refractivity contribution is 1.04. The molecule has 0 bridgehead atoms. The van der Waals surface area contributed by atoms with Crippen LogP contribution in [0.3, 0.4) is 0 Å². The van der Waals surface area contributed by atoms with E-state index in [4.69, 9.17) is 15.0 Å². The molecule has 0 saturated carbocycles. The molecule has 0 spiro atoms. The maximum Gasteiger partial charge on any atom is 0.333 e. The Balaban J connectivity index is 0.000000875. The van der Waals surface area contributed by atoms with Gasteiger partial charge in [-0.1, -0.05) is 209 Å². The van der Waals surface area contributed by atoms with E-state index >= 15 is 0 Å². The third-order valence-electron chi connectivity index (χ3n) is 14.9. The van der Waals surface area contributed by atoms with E-state index in [0.717, 1.165) is 51.9 Å². The monoisotopic (exact) mass is 1010 g/mol. The summed E-state index contributed by atoms with van der Waals surface area (Å²) in [4.78, 5) is 17.8. The molecule has 0 fully saturated rings. The molecule has 4 heterocycles. The molecule has 3 aliphatic rings. The Morgan fingerprint density at radius 1 is 0.577 bits per heavy atom. The lowest BCUT2D eigenvalue weighted by atomic mass is 9.44. The molecule has 6 heteroatoms. The first-order valence-corrected chi connectivity index (χ1v) is 27.3. The van der Waals surface area contributed by atoms with Gasteiger partial charge < -0.3 is 9.38 Å². The van der Waals surface area contributed by atoms with Gasteiger partial charge in [0.1, 0.15) is 0 Å². The molecule has 1 aliphatic carbocycles. The van der Waals surface area contributed by atoms with Gasteiger partial charge in [0.15, 0.2) is 17.5 Å². The van der Waals surface area contributed by atoms with E-state index in [9.17, 15) is 0 Å². The van der Waals surface area contributed by atoms with Gasteiger partial charge in [-0.05, 0) is 144 Å². The highest BCUT2D eigenvalue weighted by molar-refractivity contribution is 6.90. The number of nitrogens with zero attached hydrogens (tertiary/aromatic N) is 5. The number of aromatic nitrogens is 4. The third kappa shape index (κ3) is 9.19. The summed E-state index contributed by atoms with van der Waals surface area (Å²) >= 11 is 0. The molecular formula is C72H62BN5. The zero-order valence-electron chi connectivity index (χ0n) is 45.2. The molecule has 0 amide bonds. The van der Waals surface area contributed by atoms with Crippen LogP contribution in [0, 0.1) is 6.92 Å². The van der Waals surface area contributed by atoms with Crippen LogP contribution in [0.15, 0.2) is 250 Å². The van der Waals surface area contributed by atoms with Crippen molar-refractivity contribution in [3.63, 3.8) is 0 Å². The van der Waals surface area contributed by atoms with Gasteiger partial charge in [-0.25, -0.2) is 15.0 Å². The number of hydrogen-bond acceptors (Lipinski definition) is 4. The van der Waals surface area contributed by atoms with E-state index in [1.165, 1.54) is 77.5 Å². The fourth-order valence-electron chi connectivity index (χ4n) is 11.5. The van der Waals surface area contributed by atoms with Crippen LogP contribution in [0.2, 0.25) is 0 Å². The fourth-order valence-corrected chi connectivity index (χ4v) is 11.5. The van der Waals surface area contributed by atoms with Crippen LogP contribution >= 0.6 is 0 Å². The maximum atomic E-state index is 5.16. The topological polar surface area (TPSA) is 46.8 Å². The highest BCUT2D eigenvalue weighted by Crippen LogP contribution is 2.50. The summed E-state index contributed by atoms with van der Waals surface area (Å²) in [5.74, 6) is 1.91. The van der Waals surface area contributed by atoms with Crippen molar-refractivity contribution in [1.29, 1.82) is 0 Å². The molecule has 2 aromatic heterocycles. The number of para-hydroxylation sites is 2. The van der Waals surface area contributed by atoms with Gasteiger partial charge in [0, 0.05) is 61.1 Å². The number of benzene rings is 8. The van der Waals surface area contributed by atoms with Crippen LogP contribution in [0.1, 0.15) is 57.2 Å². The van der Waals surface area contributed by atoms with Crippen molar-refractivity contribution in [3.05, 3.63) is 267 Å². The minimum atomic E-state index is -0.0897. The van der Waals surface area contributed by atoms with Gasteiger partial charge in [0.25, 0.3) is 0 Å². The number of hydrogen-bond donors (Lipinski definition) is 0. The van der Waals surface area contributed by atoms with Gasteiger partial charge in [-0.15, -0.1) is 0 Å². The lowest BCUT2D eigenvalue weighted by Crippen LogP contribution is -2.56. The van der Waals surface area contributed by atoms with Crippen molar-refractivity contribution in [1.82, 2.24) is 19.4 Å². The minimum Gasteiger partial charge on any atom is -0.375 e. The maximum absolute atomic E-state index is 5.16. The Labute approximate surface area is 460 Å². The molecular weight excluding hydrogens is 946 g/mol. The zero-order chi connectivity index (χ0) is 53.7. The number of anilines is 3. The Kier molecular flexibility index (Phi) is 14.6. The molecule has 378 valence electrons. The predicted octanol–water partition coefficient (Wildman–Crippen LogP) is 18.0. The SMILES string of the molecule is C=C/C=C\C.C=C/C=C\C(=C/C)c1ccc2c(c1)c1cc(C3=CCCC=C3)cc3c1n2B1c2ccccc2N(c2ccccc2)c2cc(-c4cccc(-c5nc(-c6ccccc6)nc(-c6ccccc6)n5)c4)c(C)c-3c21.CC. The first-order chi connectivity index (χ1) is 38.5. The molecule has 0 unspecified atom stereocenters. The van der Waals surface area contributed by atoms with E-state index in [1.807, 2.05) is 81.5 Å². The molecule has 10 aromatic rings. The molecule has 0 atom stereocenters. The zero-order valence-corrected chi connectivity index (χ0v) is 45.2. The summed E-state index contributed by atoms with van der Waals surface area (Å²) < 4.78 is 2.66. The van der Waals surface area contributed by atoms with E-state index in [2.05, 4.69) is 206 Å². The lowest BCUT2D eigenvalue weighted by Gasteiger charge is -2.41. The summed E-state index contributed by atoms with van der Waals surface area (Å²) in [5, 5.41) is 2.51. The van der Waals surface area contributed by atoms with Gasteiger partial charge >= 0.3 is 6.85 Å². The Morgan fingerprint density at radius 3 is 1.86 bits per heavy atom. The molecule has 78 heavy (non-hydrogen) atoms. The molecule has 2 aliphatic heterocycles. The van der Waals surface area contributed by atoms with Crippen molar-refractivity contribution >= 4 is 67.8 Å². The van der Waals surface area contributed by atoms with Crippen LogP contribution < -0.4 is 15.8 Å². The normalized spacial score (nSPS) is 13.1.